The predicted octanol–water partition coefficient (Wildman–Crippen LogP) is 1.04. The van der Waals surface area contributed by atoms with Gasteiger partial charge in [0.2, 0.25) is 6.21 Å². The van der Waals surface area contributed by atoms with Crippen molar-refractivity contribution >= 4 is 23.4 Å². The van der Waals surface area contributed by atoms with Gasteiger partial charge < -0.3 is 0 Å². The molecule has 0 unspecified atom stereocenters. The summed E-state index contributed by atoms with van der Waals surface area (Å²) in [6, 6.07) is 0. The highest BCUT2D eigenvalue weighted by atomic mass is 32.1. The van der Waals surface area contributed by atoms with Gasteiger partial charge in [0.05, 0.1) is 0 Å². The Bertz CT molecular complexity index is 209. The lowest BCUT2D eigenvalue weighted by Gasteiger charge is -1.95. The highest BCUT2D eigenvalue weighted by Crippen LogP contribution is 2.06. The van der Waals surface area contributed by atoms with E-state index in [0.717, 1.165) is 4.74 Å². The number of allylic oxidation sites excluding steroid dienone is 1. The Morgan fingerprint density at radius 1 is 1.78 bits per heavy atom. The molecule has 1 N–H and O–H groups in total. The van der Waals surface area contributed by atoms with Gasteiger partial charge in [-0.25, -0.2) is 4.39 Å². The number of hydroxylamine groups is 1. The molecule has 2 nitrogen and oxygen atoms in total. The van der Waals surface area contributed by atoms with Crippen molar-refractivity contribution in [2.45, 2.75) is 6.42 Å². The van der Waals surface area contributed by atoms with Crippen LogP contribution in [0.5, 0.6) is 0 Å². The molecule has 9 heavy (non-hydrogen) atoms. The number of nitrogens with zero attached hydrogens (tertiary/aromatic N) is 1. The predicted molar refractivity (Wildman–Crippen MR) is 34.5 cm³/mol. The van der Waals surface area contributed by atoms with Crippen molar-refractivity contribution in [3.8, 4) is 0 Å². The third-order valence-corrected chi connectivity index (χ3v) is 1.30. The van der Waals surface area contributed by atoms with Crippen LogP contribution in [0.1, 0.15) is 6.42 Å². The molecule has 0 saturated carbocycles. The Morgan fingerprint density at radius 2 is 2.44 bits per heavy atom. The average molecular weight is 146 g/mol. The molecule has 48 valence electrons. The second-order valence-corrected chi connectivity index (χ2v) is 2.15. The summed E-state index contributed by atoms with van der Waals surface area (Å²) in [7, 11) is 0. The quantitative estimate of drug-likeness (QED) is 0.313. The van der Waals surface area contributed by atoms with E-state index < -0.39 is 0 Å². The van der Waals surface area contributed by atoms with Gasteiger partial charge in [0.25, 0.3) is 0 Å². The van der Waals surface area contributed by atoms with Crippen molar-refractivity contribution in [2.24, 2.45) is 0 Å². The van der Waals surface area contributed by atoms with Crippen LogP contribution in [-0.4, -0.2) is 21.1 Å². The first-order valence-corrected chi connectivity index (χ1v) is 2.81. The van der Waals surface area contributed by atoms with Crippen molar-refractivity contribution < 1.29 is 14.3 Å². The molecule has 4 heteroatoms. The Balaban J connectivity index is 2.86. The lowest BCUT2D eigenvalue weighted by molar-refractivity contribution is -0.684. The summed E-state index contributed by atoms with van der Waals surface area (Å²) >= 11 is 4.57. The molecule has 0 spiro atoms. The lowest BCUT2D eigenvalue weighted by Crippen LogP contribution is -2.18. The number of halogens is 1. The Hall–Kier alpha value is -0.770. The minimum Gasteiger partial charge on any atom is -0.284 e. The molecule has 0 aromatic carbocycles. The largest absolute Gasteiger partial charge is 0.304 e. The molecule has 1 aliphatic rings. The summed E-state index contributed by atoms with van der Waals surface area (Å²) in [5.41, 5.74) is 0. The number of hydrogen-bond donors (Lipinski definition) is 1. The van der Waals surface area contributed by atoms with Crippen LogP contribution in [0.15, 0.2) is 11.9 Å². The van der Waals surface area contributed by atoms with Gasteiger partial charge in [-0.1, -0.05) is 0 Å². The monoisotopic (exact) mass is 146 g/mol. The van der Waals surface area contributed by atoms with Crippen molar-refractivity contribution in [1.29, 1.82) is 0 Å². The van der Waals surface area contributed by atoms with Gasteiger partial charge in [0.1, 0.15) is 12.2 Å². The fourth-order valence-corrected chi connectivity index (χ4v) is 0.718. The lowest BCUT2D eigenvalue weighted by atomic mass is 10.3. The maximum absolute atomic E-state index is 12.2. The summed E-state index contributed by atoms with van der Waals surface area (Å²) < 4.78 is 12.9. The fourth-order valence-electron chi connectivity index (χ4n) is 0.519. The molecule has 1 rings (SSSR count). The fraction of sp³-hybridized carbons (Fsp3) is 0.200. The van der Waals surface area contributed by atoms with E-state index >= 15 is 0 Å². The van der Waals surface area contributed by atoms with Crippen LogP contribution in [0.25, 0.3) is 0 Å². The van der Waals surface area contributed by atoms with Crippen LogP contribution in [0, 0.1) is 0 Å². The molecule has 0 aliphatic carbocycles. The zero-order valence-electron chi connectivity index (χ0n) is 4.54. The smallest absolute Gasteiger partial charge is 0.284 e. The highest BCUT2D eigenvalue weighted by molar-refractivity contribution is 7.80. The molecule has 0 bridgehead atoms. The van der Waals surface area contributed by atoms with Crippen LogP contribution in [0.2, 0.25) is 0 Å². The first-order chi connectivity index (χ1) is 4.20. The normalized spacial score (nSPS) is 19.0. The van der Waals surface area contributed by atoms with Crippen molar-refractivity contribution in [3.05, 3.63) is 11.9 Å². The maximum atomic E-state index is 12.2. The number of hydrogen-bond acceptors (Lipinski definition) is 2. The van der Waals surface area contributed by atoms with Gasteiger partial charge in [-0.15, -0.1) is 0 Å². The summed E-state index contributed by atoms with van der Waals surface area (Å²) in [6.07, 6.45) is 2.39. The third-order valence-electron chi connectivity index (χ3n) is 0.972. The van der Waals surface area contributed by atoms with E-state index in [2.05, 4.69) is 12.2 Å². The molecule has 0 aromatic rings. The van der Waals surface area contributed by atoms with Crippen molar-refractivity contribution in [1.82, 2.24) is 0 Å². The van der Waals surface area contributed by atoms with Crippen LogP contribution in [0.4, 0.5) is 4.39 Å². The summed E-state index contributed by atoms with van der Waals surface area (Å²) in [5, 5.41) is 8.72. The second kappa shape index (κ2) is 2.23. The Labute approximate surface area is 56.9 Å². The van der Waals surface area contributed by atoms with Gasteiger partial charge in [-0.3, -0.25) is 5.21 Å². The van der Waals surface area contributed by atoms with E-state index in [9.17, 15) is 4.39 Å². The molecule has 0 radical (unpaired) electrons. The van der Waals surface area contributed by atoms with Crippen LogP contribution in [0.3, 0.4) is 0 Å². The molecule has 1 aliphatic heterocycles. The van der Waals surface area contributed by atoms with Gasteiger partial charge in [-0.05, 0) is 12.2 Å². The van der Waals surface area contributed by atoms with E-state index in [0.29, 0.717) is 0 Å². The van der Waals surface area contributed by atoms with Crippen LogP contribution in [-0.2, 0) is 0 Å². The van der Waals surface area contributed by atoms with E-state index in [-0.39, 0.29) is 17.2 Å². The van der Waals surface area contributed by atoms with Gasteiger partial charge >= 0.3 is 4.99 Å². The molecule has 1 heterocycles. The molecule has 0 amide bonds. The maximum Gasteiger partial charge on any atom is 0.304 e. The first kappa shape index (κ1) is 6.35. The number of rotatable bonds is 0. The highest BCUT2D eigenvalue weighted by Gasteiger charge is 2.17. The van der Waals surface area contributed by atoms with Crippen molar-refractivity contribution in [3.63, 3.8) is 0 Å². The molecular formula is C5H5FNOS+. The summed E-state index contributed by atoms with van der Waals surface area (Å²) in [6.45, 7) is 0. The van der Waals surface area contributed by atoms with Crippen molar-refractivity contribution in [2.75, 3.05) is 0 Å². The number of thiocarbonyl (C=S) groups is 1. The third kappa shape index (κ3) is 1.32. The molecule has 0 fully saturated rings. The average Bonchev–Trinajstić information content (AvgIpc) is 1.80. The molecular weight excluding hydrogens is 141 g/mol. The van der Waals surface area contributed by atoms with Crippen LogP contribution < -0.4 is 0 Å². The molecule has 0 atom stereocenters. The van der Waals surface area contributed by atoms with Gasteiger partial charge in [-0.2, -0.15) is 0 Å². The SMILES string of the molecule is O[N+]1=CC=C(F)CC1=S. The van der Waals surface area contributed by atoms with Gasteiger partial charge in [0, 0.05) is 10.8 Å². The second-order valence-electron chi connectivity index (χ2n) is 1.68. The minimum absolute atomic E-state index is 0.0301. The van der Waals surface area contributed by atoms with E-state index in [1.165, 1.54) is 12.3 Å². The summed E-state index contributed by atoms with van der Waals surface area (Å²) in [4.78, 5) is 0.190. The van der Waals surface area contributed by atoms with E-state index in [4.69, 9.17) is 5.21 Å². The summed E-state index contributed by atoms with van der Waals surface area (Å²) in [5.74, 6) is -0.315. The topological polar surface area (TPSA) is 23.2 Å². The molecule has 0 saturated heterocycles. The van der Waals surface area contributed by atoms with E-state index in [1.54, 1.807) is 0 Å². The van der Waals surface area contributed by atoms with E-state index in [1.807, 2.05) is 0 Å². The molecule has 0 aromatic heterocycles. The standard InChI is InChI=1S/C5H5FNOS/c6-4-1-2-7(8)5(9)3-4/h1-2,8H,3H2/q+1. The first-order valence-electron chi connectivity index (χ1n) is 2.40. The van der Waals surface area contributed by atoms with Crippen LogP contribution >= 0.6 is 12.2 Å². The minimum atomic E-state index is -0.315. The van der Waals surface area contributed by atoms with Gasteiger partial charge in [0.15, 0.2) is 0 Å². The zero-order chi connectivity index (χ0) is 6.85. The Morgan fingerprint density at radius 3 is 2.89 bits per heavy atom. The Kier molecular flexibility index (Phi) is 1.57. The zero-order valence-corrected chi connectivity index (χ0v) is 5.36.